The molecule has 0 saturated carbocycles. The zero-order valence-corrected chi connectivity index (χ0v) is 20.1. The Balaban J connectivity index is 1.68. The molecule has 4 aromatic rings. The second-order valence-electron chi connectivity index (χ2n) is 8.77. The van der Waals surface area contributed by atoms with Crippen molar-refractivity contribution in [2.45, 2.75) is 12.5 Å². The van der Waals surface area contributed by atoms with E-state index >= 15 is 0 Å². The summed E-state index contributed by atoms with van der Waals surface area (Å²) in [4.78, 5) is 31.4. The number of nitrogens with one attached hydrogen (secondary N) is 1. The molecule has 180 valence electrons. The minimum Gasteiger partial charge on any atom is -0.351 e. The van der Waals surface area contributed by atoms with Gasteiger partial charge in [0.05, 0.1) is 17.1 Å². The molecule has 0 aliphatic carbocycles. The number of likely N-dealkylation sites (N-methyl/N-ethyl adjacent to an activating group) is 1. The number of benzene rings is 2. The van der Waals surface area contributed by atoms with Crippen LogP contribution in [-0.4, -0.2) is 53.5 Å². The highest BCUT2D eigenvalue weighted by Crippen LogP contribution is 2.39. The van der Waals surface area contributed by atoms with E-state index in [1.54, 1.807) is 15.5 Å². The number of fused-ring (bicyclic) bond motifs is 1. The van der Waals surface area contributed by atoms with E-state index in [-0.39, 0.29) is 23.2 Å². The fourth-order valence-electron chi connectivity index (χ4n) is 4.40. The summed E-state index contributed by atoms with van der Waals surface area (Å²) in [6.45, 7) is 1.18. The molecular weight excluding hydrogens is 470 g/mol. The summed E-state index contributed by atoms with van der Waals surface area (Å²) in [7, 11) is 3.97. The average molecular weight is 495 g/mol. The quantitative estimate of drug-likeness (QED) is 0.431. The number of para-hydroxylation sites is 1. The molecule has 1 aliphatic rings. The number of hydrogen-bond acceptors (Lipinski definition) is 5. The van der Waals surface area contributed by atoms with E-state index in [0.717, 1.165) is 18.6 Å². The fraction of sp³-hybridized carbons (Fsp3) is 0.231. The molecule has 1 N–H and O–H groups in total. The number of pyridine rings is 1. The topological polar surface area (TPSA) is 57.6 Å². The van der Waals surface area contributed by atoms with Crippen molar-refractivity contribution in [3.63, 3.8) is 0 Å². The van der Waals surface area contributed by atoms with Crippen molar-refractivity contribution in [2.24, 2.45) is 0 Å². The molecule has 0 unspecified atom stereocenters. The molecular formula is C26H24F2N4O2S. The second-order valence-corrected chi connectivity index (χ2v) is 9.77. The molecule has 5 rings (SSSR count). The number of carbonyl (C=O) groups excluding carboxylic acids is 1. The van der Waals surface area contributed by atoms with Gasteiger partial charge in [-0.25, -0.2) is 8.78 Å². The Hall–Kier alpha value is -3.56. The van der Waals surface area contributed by atoms with Gasteiger partial charge >= 0.3 is 0 Å². The van der Waals surface area contributed by atoms with E-state index in [0.29, 0.717) is 39.6 Å². The van der Waals surface area contributed by atoms with Crippen LogP contribution in [0.5, 0.6) is 0 Å². The summed E-state index contributed by atoms with van der Waals surface area (Å²) < 4.78 is 29.6. The number of hydrogen-bond donors (Lipinski definition) is 1. The van der Waals surface area contributed by atoms with Crippen molar-refractivity contribution in [2.75, 3.05) is 32.5 Å². The minimum absolute atomic E-state index is 0.0465. The Labute approximate surface area is 205 Å². The zero-order chi connectivity index (χ0) is 24.7. The van der Waals surface area contributed by atoms with Crippen molar-refractivity contribution >= 4 is 38.8 Å². The van der Waals surface area contributed by atoms with Gasteiger partial charge in [0.2, 0.25) is 0 Å². The third-order valence-electron chi connectivity index (χ3n) is 6.32. The number of amides is 1. The Morgan fingerprint density at radius 3 is 2.54 bits per heavy atom. The Morgan fingerprint density at radius 2 is 1.86 bits per heavy atom. The molecule has 0 bridgehead atoms. The molecule has 1 atom stereocenters. The molecule has 2 aromatic heterocycles. The van der Waals surface area contributed by atoms with E-state index in [2.05, 4.69) is 10.2 Å². The SMILES string of the molecule is CN(C)[C@@H]1CCN(C(=O)c2sc3c(ccc(=O)n3-c3ccccc3)c2Nc2ccc(F)cc2F)C1. The molecule has 2 aromatic carbocycles. The van der Waals surface area contributed by atoms with Gasteiger partial charge in [0.15, 0.2) is 0 Å². The number of carbonyl (C=O) groups is 1. The van der Waals surface area contributed by atoms with Crippen LogP contribution < -0.4 is 10.9 Å². The monoisotopic (exact) mass is 494 g/mol. The molecule has 6 nitrogen and oxygen atoms in total. The van der Waals surface area contributed by atoms with Crippen LogP contribution in [0.1, 0.15) is 16.1 Å². The second kappa shape index (κ2) is 9.24. The summed E-state index contributed by atoms with van der Waals surface area (Å²) >= 11 is 1.19. The van der Waals surface area contributed by atoms with Crippen LogP contribution in [0.15, 0.2) is 65.5 Å². The molecule has 3 heterocycles. The van der Waals surface area contributed by atoms with E-state index in [4.69, 9.17) is 0 Å². The van der Waals surface area contributed by atoms with Gasteiger partial charge in [-0.1, -0.05) is 18.2 Å². The van der Waals surface area contributed by atoms with Crippen LogP contribution in [0, 0.1) is 11.6 Å². The molecule has 0 spiro atoms. The lowest BCUT2D eigenvalue weighted by molar-refractivity contribution is 0.0789. The maximum atomic E-state index is 14.6. The number of rotatable bonds is 5. The van der Waals surface area contributed by atoms with E-state index < -0.39 is 11.6 Å². The van der Waals surface area contributed by atoms with Crippen molar-refractivity contribution in [1.29, 1.82) is 0 Å². The van der Waals surface area contributed by atoms with Crippen molar-refractivity contribution < 1.29 is 13.6 Å². The molecule has 1 fully saturated rings. The maximum absolute atomic E-state index is 14.6. The van der Waals surface area contributed by atoms with Crippen LogP contribution in [-0.2, 0) is 0 Å². The molecule has 35 heavy (non-hydrogen) atoms. The lowest BCUT2D eigenvalue weighted by Crippen LogP contribution is -2.34. The first-order chi connectivity index (χ1) is 16.8. The standard InChI is InChI=1S/C26H24F2N4O2S/c1-30(2)18-12-13-31(15-18)25(34)24-23(29-21-10-8-16(27)14-20(21)28)19-9-11-22(33)32(26(19)35-24)17-6-4-3-5-7-17/h3-11,14,18,29H,12-13,15H2,1-2H3/t18-/m1/s1. The van der Waals surface area contributed by atoms with E-state index in [1.165, 1.54) is 23.5 Å². The predicted molar refractivity (Wildman–Crippen MR) is 135 cm³/mol. The number of nitrogens with zero attached hydrogens (tertiary/aromatic N) is 3. The Kier molecular flexibility index (Phi) is 6.12. The lowest BCUT2D eigenvalue weighted by Gasteiger charge is -2.20. The molecule has 0 radical (unpaired) electrons. The predicted octanol–water partition coefficient (Wildman–Crippen LogP) is 4.85. The summed E-state index contributed by atoms with van der Waals surface area (Å²) in [5.41, 5.74) is 0.873. The molecule has 1 aliphatic heterocycles. The summed E-state index contributed by atoms with van der Waals surface area (Å²) in [5.74, 6) is -1.65. The number of halogens is 2. The van der Waals surface area contributed by atoms with Crippen LogP contribution >= 0.6 is 11.3 Å². The van der Waals surface area contributed by atoms with Gasteiger partial charge < -0.3 is 15.1 Å². The highest BCUT2D eigenvalue weighted by atomic mass is 32.1. The van der Waals surface area contributed by atoms with Crippen LogP contribution in [0.4, 0.5) is 20.2 Å². The number of aromatic nitrogens is 1. The molecule has 1 saturated heterocycles. The smallest absolute Gasteiger partial charge is 0.266 e. The molecule has 9 heteroatoms. The average Bonchev–Trinajstić information content (AvgIpc) is 3.47. The lowest BCUT2D eigenvalue weighted by atomic mass is 10.2. The Morgan fingerprint density at radius 1 is 1.09 bits per heavy atom. The van der Waals surface area contributed by atoms with Crippen molar-refractivity contribution in [3.05, 3.63) is 87.5 Å². The van der Waals surface area contributed by atoms with Crippen LogP contribution in [0.2, 0.25) is 0 Å². The fourth-order valence-corrected chi connectivity index (χ4v) is 5.63. The van der Waals surface area contributed by atoms with Gasteiger partial charge in [-0.05, 0) is 50.8 Å². The van der Waals surface area contributed by atoms with Crippen molar-refractivity contribution in [1.82, 2.24) is 14.4 Å². The number of likely N-dealkylation sites (tertiary alicyclic amines) is 1. The summed E-state index contributed by atoms with van der Waals surface area (Å²) in [5, 5.41) is 3.63. The highest BCUT2D eigenvalue weighted by molar-refractivity contribution is 7.21. The first-order valence-electron chi connectivity index (χ1n) is 11.2. The number of anilines is 2. The zero-order valence-electron chi connectivity index (χ0n) is 19.3. The highest BCUT2D eigenvalue weighted by Gasteiger charge is 2.31. The molecule has 1 amide bonds. The summed E-state index contributed by atoms with van der Waals surface area (Å²) in [6.07, 6.45) is 0.855. The largest absolute Gasteiger partial charge is 0.351 e. The first kappa shape index (κ1) is 23.2. The van der Waals surface area contributed by atoms with Crippen molar-refractivity contribution in [3.8, 4) is 5.69 Å². The third kappa shape index (κ3) is 4.33. The maximum Gasteiger partial charge on any atom is 0.266 e. The van der Waals surface area contributed by atoms with E-state index in [9.17, 15) is 18.4 Å². The van der Waals surface area contributed by atoms with E-state index in [1.807, 2.05) is 44.4 Å². The van der Waals surface area contributed by atoms with Gasteiger partial charge in [0, 0.05) is 36.7 Å². The minimum atomic E-state index is -0.770. The van der Waals surface area contributed by atoms with Gasteiger partial charge in [0.25, 0.3) is 11.5 Å². The van der Waals surface area contributed by atoms with Crippen LogP contribution in [0.25, 0.3) is 15.9 Å². The van der Waals surface area contributed by atoms with Gasteiger partial charge in [-0.3, -0.25) is 14.2 Å². The van der Waals surface area contributed by atoms with Gasteiger partial charge in [0.1, 0.15) is 21.3 Å². The van der Waals surface area contributed by atoms with Crippen LogP contribution in [0.3, 0.4) is 0 Å². The Bertz CT molecular complexity index is 1470. The van der Waals surface area contributed by atoms with Gasteiger partial charge in [-0.2, -0.15) is 0 Å². The number of thiophene rings is 1. The normalized spacial score (nSPS) is 15.8. The first-order valence-corrected chi connectivity index (χ1v) is 12.1. The van der Waals surface area contributed by atoms with Gasteiger partial charge in [-0.15, -0.1) is 11.3 Å². The summed E-state index contributed by atoms with van der Waals surface area (Å²) in [6, 6.07) is 15.7. The third-order valence-corrected chi connectivity index (χ3v) is 7.50.